The molecule has 0 saturated carbocycles. The molecule has 0 radical (unpaired) electrons. The minimum absolute atomic E-state index is 0.467. The van der Waals surface area contributed by atoms with Gasteiger partial charge >= 0.3 is 7.12 Å². The van der Waals surface area contributed by atoms with Gasteiger partial charge in [-0.3, -0.25) is 0 Å². The zero-order valence-corrected chi connectivity index (χ0v) is 7.70. The Morgan fingerprint density at radius 2 is 1.85 bits per heavy atom. The van der Waals surface area contributed by atoms with Gasteiger partial charge in [-0.05, 0) is 6.07 Å². The number of anilines is 2. The predicted molar refractivity (Wildman–Crippen MR) is 55.4 cm³/mol. The zero-order valence-electron chi connectivity index (χ0n) is 7.70. The number of para-hydroxylation sites is 1. The van der Waals surface area contributed by atoms with Crippen LogP contribution < -0.4 is 16.1 Å². The molecule has 0 aliphatic carbocycles. The predicted octanol–water partition coefficient (Wildman–Crippen LogP) is -0.550. The Bertz CT molecular complexity index is 291. The van der Waals surface area contributed by atoms with Crippen LogP contribution in [-0.4, -0.2) is 31.3 Å². The van der Waals surface area contributed by atoms with Crippen LogP contribution in [0.5, 0.6) is 0 Å². The highest BCUT2D eigenvalue weighted by Crippen LogP contribution is 2.17. The molecular formula is C8H13BN2O2. The molecule has 0 fully saturated rings. The fourth-order valence-corrected chi connectivity index (χ4v) is 1.27. The summed E-state index contributed by atoms with van der Waals surface area (Å²) < 4.78 is 0. The van der Waals surface area contributed by atoms with E-state index in [0.717, 1.165) is 5.69 Å². The molecule has 0 bridgehead atoms. The number of nitrogens with one attached hydrogen (secondary N) is 2. The summed E-state index contributed by atoms with van der Waals surface area (Å²) in [4.78, 5) is 0. The molecule has 0 spiro atoms. The second kappa shape index (κ2) is 4.16. The lowest BCUT2D eigenvalue weighted by Gasteiger charge is -2.13. The van der Waals surface area contributed by atoms with Gasteiger partial charge in [-0.2, -0.15) is 0 Å². The monoisotopic (exact) mass is 180 g/mol. The summed E-state index contributed by atoms with van der Waals surface area (Å²) in [6.07, 6.45) is 0. The van der Waals surface area contributed by atoms with Crippen LogP contribution in [0.3, 0.4) is 0 Å². The Labute approximate surface area is 77.7 Å². The van der Waals surface area contributed by atoms with Gasteiger partial charge in [0.05, 0.1) is 11.4 Å². The van der Waals surface area contributed by atoms with E-state index in [1.165, 1.54) is 0 Å². The van der Waals surface area contributed by atoms with E-state index in [1.54, 1.807) is 26.2 Å². The van der Waals surface area contributed by atoms with E-state index in [0.29, 0.717) is 11.2 Å². The molecule has 0 atom stereocenters. The maximum Gasteiger partial charge on any atom is 0.490 e. The van der Waals surface area contributed by atoms with Crippen molar-refractivity contribution in [2.75, 3.05) is 24.7 Å². The van der Waals surface area contributed by atoms with Crippen molar-refractivity contribution in [2.24, 2.45) is 0 Å². The minimum Gasteiger partial charge on any atom is -0.423 e. The average molecular weight is 180 g/mol. The minimum atomic E-state index is -1.45. The summed E-state index contributed by atoms with van der Waals surface area (Å²) in [6.45, 7) is 0. The fraction of sp³-hybridized carbons (Fsp3) is 0.250. The number of benzene rings is 1. The molecule has 4 nitrogen and oxygen atoms in total. The largest absolute Gasteiger partial charge is 0.490 e. The molecule has 0 saturated heterocycles. The first-order valence-electron chi connectivity index (χ1n) is 4.05. The number of hydrogen-bond donors (Lipinski definition) is 4. The van der Waals surface area contributed by atoms with Gasteiger partial charge in [0.15, 0.2) is 0 Å². The fourth-order valence-electron chi connectivity index (χ4n) is 1.27. The lowest BCUT2D eigenvalue weighted by atomic mass is 9.78. The molecule has 4 N–H and O–H groups in total. The highest BCUT2D eigenvalue weighted by Gasteiger charge is 2.16. The molecule has 13 heavy (non-hydrogen) atoms. The smallest absolute Gasteiger partial charge is 0.423 e. The van der Waals surface area contributed by atoms with Crippen LogP contribution >= 0.6 is 0 Å². The van der Waals surface area contributed by atoms with Crippen molar-refractivity contribution < 1.29 is 10.0 Å². The topological polar surface area (TPSA) is 64.5 Å². The molecule has 0 heterocycles. The van der Waals surface area contributed by atoms with Crippen molar-refractivity contribution in [3.63, 3.8) is 0 Å². The maximum absolute atomic E-state index is 9.04. The molecule has 1 aromatic carbocycles. The average Bonchev–Trinajstić information content (AvgIpc) is 2.16. The molecular weight excluding hydrogens is 167 g/mol. The van der Waals surface area contributed by atoms with Gasteiger partial charge in [0.25, 0.3) is 0 Å². The molecule has 0 unspecified atom stereocenters. The van der Waals surface area contributed by atoms with Crippen molar-refractivity contribution >= 4 is 24.0 Å². The van der Waals surface area contributed by atoms with Gasteiger partial charge in [-0.25, -0.2) is 0 Å². The Kier molecular flexibility index (Phi) is 3.16. The lowest BCUT2D eigenvalue weighted by molar-refractivity contribution is 0.426. The van der Waals surface area contributed by atoms with Gasteiger partial charge in [0.1, 0.15) is 0 Å². The summed E-state index contributed by atoms with van der Waals surface area (Å²) >= 11 is 0. The molecule has 0 aliphatic rings. The van der Waals surface area contributed by atoms with Gasteiger partial charge in [-0.1, -0.05) is 12.1 Å². The van der Waals surface area contributed by atoms with Gasteiger partial charge in [-0.15, -0.1) is 0 Å². The summed E-state index contributed by atoms with van der Waals surface area (Å²) in [5, 5.41) is 24.0. The van der Waals surface area contributed by atoms with Crippen molar-refractivity contribution in [1.82, 2.24) is 0 Å². The summed E-state index contributed by atoms with van der Waals surface area (Å²) in [5.41, 5.74) is 2.02. The Morgan fingerprint density at radius 3 is 2.31 bits per heavy atom. The maximum atomic E-state index is 9.04. The molecule has 0 aliphatic heterocycles. The van der Waals surface area contributed by atoms with Crippen molar-refractivity contribution in [1.29, 1.82) is 0 Å². The summed E-state index contributed by atoms with van der Waals surface area (Å²) in [7, 11) is 2.07. The number of rotatable bonds is 3. The van der Waals surface area contributed by atoms with Crippen molar-refractivity contribution in [3.8, 4) is 0 Å². The van der Waals surface area contributed by atoms with Crippen LogP contribution in [0.15, 0.2) is 18.2 Å². The van der Waals surface area contributed by atoms with E-state index in [9.17, 15) is 0 Å². The standard InChI is InChI=1S/C8H13BN2O2/c1-10-7-5-3-4-6(9(12)13)8(7)11-2/h3-5,10-13H,1-2H3. The van der Waals surface area contributed by atoms with Crippen LogP contribution in [0.4, 0.5) is 11.4 Å². The Hall–Kier alpha value is -1.20. The Morgan fingerprint density at radius 1 is 1.15 bits per heavy atom. The molecule has 1 rings (SSSR count). The second-order valence-electron chi connectivity index (χ2n) is 2.64. The lowest BCUT2D eigenvalue weighted by Crippen LogP contribution is -2.32. The summed E-state index contributed by atoms with van der Waals surface area (Å²) in [5.74, 6) is 0. The third-order valence-corrected chi connectivity index (χ3v) is 1.89. The SMILES string of the molecule is CNc1cccc(B(O)O)c1NC. The van der Waals surface area contributed by atoms with Gasteiger partial charge < -0.3 is 20.7 Å². The van der Waals surface area contributed by atoms with Crippen molar-refractivity contribution in [3.05, 3.63) is 18.2 Å². The quantitative estimate of drug-likeness (QED) is 0.471. The van der Waals surface area contributed by atoms with E-state index in [1.807, 2.05) is 6.07 Å². The third-order valence-electron chi connectivity index (χ3n) is 1.89. The van der Waals surface area contributed by atoms with Gasteiger partial charge in [0.2, 0.25) is 0 Å². The van der Waals surface area contributed by atoms with Crippen LogP contribution in [0.1, 0.15) is 0 Å². The van der Waals surface area contributed by atoms with Crippen LogP contribution in [0, 0.1) is 0 Å². The highest BCUT2D eigenvalue weighted by molar-refractivity contribution is 6.61. The van der Waals surface area contributed by atoms with E-state index in [4.69, 9.17) is 10.0 Å². The van der Waals surface area contributed by atoms with Gasteiger partial charge in [0, 0.05) is 19.6 Å². The second-order valence-corrected chi connectivity index (χ2v) is 2.64. The molecule has 0 amide bonds. The van der Waals surface area contributed by atoms with E-state index in [-0.39, 0.29) is 0 Å². The molecule has 70 valence electrons. The molecule has 1 aromatic rings. The highest BCUT2D eigenvalue weighted by atomic mass is 16.4. The van der Waals surface area contributed by atoms with E-state index in [2.05, 4.69) is 10.6 Å². The third kappa shape index (κ3) is 1.94. The van der Waals surface area contributed by atoms with Crippen molar-refractivity contribution in [2.45, 2.75) is 0 Å². The molecule has 5 heteroatoms. The van der Waals surface area contributed by atoms with Crippen LogP contribution in [-0.2, 0) is 0 Å². The first-order chi connectivity index (χ1) is 6.20. The van der Waals surface area contributed by atoms with Crippen LogP contribution in [0.25, 0.3) is 0 Å². The number of hydrogen-bond acceptors (Lipinski definition) is 4. The van der Waals surface area contributed by atoms with Crippen LogP contribution in [0.2, 0.25) is 0 Å². The zero-order chi connectivity index (χ0) is 9.84. The van der Waals surface area contributed by atoms with E-state index < -0.39 is 7.12 Å². The normalized spacial score (nSPS) is 9.54. The first kappa shape index (κ1) is 9.89. The summed E-state index contributed by atoms with van der Waals surface area (Å²) in [6, 6.07) is 5.29. The first-order valence-corrected chi connectivity index (χ1v) is 4.05. The Balaban J connectivity index is 3.19. The van der Waals surface area contributed by atoms with E-state index >= 15 is 0 Å². The molecule has 0 aromatic heterocycles.